The van der Waals surface area contributed by atoms with Crippen molar-refractivity contribution in [1.82, 2.24) is 9.80 Å². The quantitative estimate of drug-likeness (QED) is 0.871. The molecule has 3 rings (SSSR count). The number of fused-ring (bicyclic) bond motifs is 1. The predicted molar refractivity (Wildman–Crippen MR) is 89.7 cm³/mol. The lowest BCUT2D eigenvalue weighted by molar-refractivity contribution is 0.0594. The number of hydrogen-bond donors (Lipinski definition) is 0. The molecule has 0 aliphatic carbocycles. The summed E-state index contributed by atoms with van der Waals surface area (Å²) in [6.45, 7) is 8.50. The molecule has 23 heavy (non-hydrogen) atoms. The molecule has 2 heterocycles. The summed E-state index contributed by atoms with van der Waals surface area (Å²) >= 11 is 0. The van der Waals surface area contributed by atoms with Crippen molar-refractivity contribution in [2.75, 3.05) is 32.7 Å². The Morgan fingerprint density at radius 2 is 1.87 bits per heavy atom. The van der Waals surface area contributed by atoms with Gasteiger partial charge in [-0.3, -0.25) is 14.5 Å². The Balaban J connectivity index is 1.75. The standard InChI is InChI=1S/C18H22N2O3/c1-13(2)12-19-7-9-20(10-8-19)18(22)17-11-15(21)14-5-3-4-6-16(14)23-17/h3-6,11,13H,7-10,12H2,1-2H3. The second kappa shape index (κ2) is 6.54. The zero-order valence-electron chi connectivity index (χ0n) is 13.6. The predicted octanol–water partition coefficient (Wildman–Crippen LogP) is 2.21. The third-order valence-corrected chi connectivity index (χ3v) is 4.13. The van der Waals surface area contributed by atoms with E-state index in [1.165, 1.54) is 6.07 Å². The third-order valence-electron chi connectivity index (χ3n) is 4.13. The molecule has 0 atom stereocenters. The zero-order chi connectivity index (χ0) is 16.4. The maximum atomic E-state index is 12.6. The molecule has 1 amide bonds. The molecule has 0 spiro atoms. The highest BCUT2D eigenvalue weighted by Gasteiger charge is 2.24. The van der Waals surface area contributed by atoms with Gasteiger partial charge in [0.05, 0.1) is 5.39 Å². The van der Waals surface area contributed by atoms with Gasteiger partial charge in [0.1, 0.15) is 5.58 Å². The number of rotatable bonds is 3. The molecule has 0 radical (unpaired) electrons. The molecule has 1 aliphatic rings. The number of carbonyl (C=O) groups is 1. The van der Waals surface area contributed by atoms with Crippen LogP contribution in [0, 0.1) is 5.92 Å². The van der Waals surface area contributed by atoms with Crippen molar-refractivity contribution in [3.63, 3.8) is 0 Å². The molecule has 122 valence electrons. The lowest BCUT2D eigenvalue weighted by Gasteiger charge is -2.35. The summed E-state index contributed by atoms with van der Waals surface area (Å²) < 4.78 is 5.64. The van der Waals surface area contributed by atoms with Gasteiger partial charge in [-0.05, 0) is 18.1 Å². The van der Waals surface area contributed by atoms with E-state index in [0.717, 1.165) is 19.6 Å². The van der Waals surface area contributed by atoms with Gasteiger partial charge in [-0.15, -0.1) is 0 Å². The van der Waals surface area contributed by atoms with E-state index < -0.39 is 0 Å². The van der Waals surface area contributed by atoms with Crippen LogP contribution in [0.5, 0.6) is 0 Å². The van der Waals surface area contributed by atoms with Gasteiger partial charge in [0.2, 0.25) is 0 Å². The summed E-state index contributed by atoms with van der Waals surface area (Å²) in [5.41, 5.74) is 0.287. The largest absolute Gasteiger partial charge is 0.451 e. The van der Waals surface area contributed by atoms with Gasteiger partial charge in [-0.25, -0.2) is 0 Å². The monoisotopic (exact) mass is 314 g/mol. The molecule has 1 aliphatic heterocycles. The van der Waals surface area contributed by atoms with Crippen LogP contribution >= 0.6 is 0 Å². The number of amides is 1. The van der Waals surface area contributed by atoms with Crippen molar-refractivity contribution in [2.24, 2.45) is 5.92 Å². The Morgan fingerprint density at radius 3 is 2.57 bits per heavy atom. The summed E-state index contributed by atoms with van der Waals surface area (Å²) in [4.78, 5) is 28.9. The van der Waals surface area contributed by atoms with Crippen LogP contribution in [0.15, 0.2) is 39.5 Å². The molecule has 2 aromatic rings. The van der Waals surface area contributed by atoms with Gasteiger partial charge >= 0.3 is 0 Å². The van der Waals surface area contributed by atoms with Crippen molar-refractivity contribution in [3.8, 4) is 0 Å². The van der Waals surface area contributed by atoms with Gasteiger partial charge in [0.25, 0.3) is 5.91 Å². The molecule has 0 N–H and O–H groups in total. The maximum Gasteiger partial charge on any atom is 0.289 e. The van der Waals surface area contributed by atoms with Crippen molar-refractivity contribution in [3.05, 3.63) is 46.3 Å². The fourth-order valence-corrected chi connectivity index (χ4v) is 3.02. The van der Waals surface area contributed by atoms with E-state index in [1.54, 1.807) is 29.2 Å². The van der Waals surface area contributed by atoms with E-state index in [2.05, 4.69) is 18.7 Å². The van der Waals surface area contributed by atoms with E-state index in [0.29, 0.717) is 30.0 Å². The molecular formula is C18H22N2O3. The second-order valence-electron chi connectivity index (χ2n) is 6.46. The summed E-state index contributed by atoms with van der Waals surface area (Å²) in [6.07, 6.45) is 0. The molecule has 1 aromatic heterocycles. The van der Waals surface area contributed by atoms with E-state index in [4.69, 9.17) is 4.42 Å². The van der Waals surface area contributed by atoms with E-state index in [1.807, 2.05) is 0 Å². The average Bonchev–Trinajstić information content (AvgIpc) is 2.54. The van der Waals surface area contributed by atoms with Gasteiger partial charge < -0.3 is 9.32 Å². The normalized spacial score (nSPS) is 16.2. The molecule has 5 heteroatoms. The van der Waals surface area contributed by atoms with Crippen LogP contribution in [-0.4, -0.2) is 48.4 Å². The molecule has 1 saturated heterocycles. The number of para-hydroxylation sites is 1. The number of nitrogens with zero attached hydrogens (tertiary/aromatic N) is 2. The molecular weight excluding hydrogens is 292 g/mol. The minimum atomic E-state index is -0.197. The molecule has 0 saturated carbocycles. The van der Waals surface area contributed by atoms with Crippen LogP contribution in [0.2, 0.25) is 0 Å². The van der Waals surface area contributed by atoms with E-state index in [9.17, 15) is 9.59 Å². The Hall–Kier alpha value is -2.14. The Morgan fingerprint density at radius 1 is 1.17 bits per heavy atom. The van der Waals surface area contributed by atoms with Gasteiger partial charge in [-0.1, -0.05) is 26.0 Å². The number of benzene rings is 1. The minimum Gasteiger partial charge on any atom is -0.451 e. The first-order valence-electron chi connectivity index (χ1n) is 8.09. The van der Waals surface area contributed by atoms with Gasteiger partial charge in [0, 0.05) is 38.8 Å². The van der Waals surface area contributed by atoms with Crippen LogP contribution in [0.3, 0.4) is 0 Å². The first kappa shape index (κ1) is 15.7. The third kappa shape index (κ3) is 3.45. The highest BCUT2D eigenvalue weighted by atomic mass is 16.3. The molecule has 0 bridgehead atoms. The summed E-state index contributed by atoms with van der Waals surface area (Å²) in [6, 6.07) is 8.32. The average molecular weight is 314 g/mol. The van der Waals surface area contributed by atoms with Gasteiger partial charge in [0.15, 0.2) is 11.2 Å². The molecule has 5 nitrogen and oxygen atoms in total. The van der Waals surface area contributed by atoms with Crippen LogP contribution < -0.4 is 5.43 Å². The van der Waals surface area contributed by atoms with Gasteiger partial charge in [-0.2, -0.15) is 0 Å². The summed E-state index contributed by atoms with van der Waals surface area (Å²) in [5.74, 6) is 0.554. The Kier molecular flexibility index (Phi) is 4.48. The number of hydrogen-bond acceptors (Lipinski definition) is 4. The fraction of sp³-hybridized carbons (Fsp3) is 0.444. The Labute approximate surface area is 135 Å². The summed E-state index contributed by atoms with van der Waals surface area (Å²) in [7, 11) is 0. The molecule has 1 aromatic carbocycles. The maximum absolute atomic E-state index is 12.6. The highest BCUT2D eigenvalue weighted by Crippen LogP contribution is 2.14. The van der Waals surface area contributed by atoms with Crippen LogP contribution in [0.1, 0.15) is 24.4 Å². The highest BCUT2D eigenvalue weighted by molar-refractivity contribution is 5.93. The lowest BCUT2D eigenvalue weighted by Crippen LogP contribution is -2.49. The van der Waals surface area contributed by atoms with Crippen LogP contribution in [0.4, 0.5) is 0 Å². The minimum absolute atomic E-state index is 0.131. The zero-order valence-corrected chi connectivity index (χ0v) is 13.6. The van der Waals surface area contributed by atoms with Crippen LogP contribution in [-0.2, 0) is 0 Å². The topological polar surface area (TPSA) is 53.8 Å². The smallest absolute Gasteiger partial charge is 0.289 e. The Bertz CT molecular complexity index is 758. The molecule has 0 unspecified atom stereocenters. The summed E-state index contributed by atoms with van der Waals surface area (Å²) in [5, 5.41) is 0.505. The number of piperazine rings is 1. The fourth-order valence-electron chi connectivity index (χ4n) is 3.02. The van der Waals surface area contributed by atoms with E-state index in [-0.39, 0.29) is 17.1 Å². The van der Waals surface area contributed by atoms with E-state index >= 15 is 0 Å². The molecule has 1 fully saturated rings. The first-order valence-corrected chi connectivity index (χ1v) is 8.09. The second-order valence-corrected chi connectivity index (χ2v) is 6.46. The van der Waals surface area contributed by atoms with Crippen molar-refractivity contribution >= 4 is 16.9 Å². The lowest BCUT2D eigenvalue weighted by atomic mass is 10.2. The van der Waals surface area contributed by atoms with Crippen LogP contribution in [0.25, 0.3) is 11.0 Å². The van der Waals surface area contributed by atoms with Crippen molar-refractivity contribution in [2.45, 2.75) is 13.8 Å². The first-order chi connectivity index (χ1) is 11.0. The van der Waals surface area contributed by atoms with Crippen molar-refractivity contribution < 1.29 is 9.21 Å². The SMILES string of the molecule is CC(C)CN1CCN(C(=O)c2cc(=O)c3ccccc3o2)CC1. The number of carbonyl (C=O) groups excluding carboxylic acids is 1. The van der Waals surface area contributed by atoms with Crippen molar-refractivity contribution in [1.29, 1.82) is 0 Å².